The van der Waals surface area contributed by atoms with Crippen molar-refractivity contribution in [1.29, 1.82) is 0 Å². The predicted octanol–water partition coefficient (Wildman–Crippen LogP) is -0.0333. The minimum atomic E-state index is -0.208. The van der Waals surface area contributed by atoms with E-state index in [0.29, 0.717) is 5.92 Å². The van der Waals surface area contributed by atoms with Crippen LogP contribution >= 0.6 is 0 Å². The van der Waals surface area contributed by atoms with Crippen molar-refractivity contribution in [3.63, 3.8) is 0 Å². The Morgan fingerprint density at radius 3 is 2.88 bits per heavy atom. The number of nitrogens with zero attached hydrogens (tertiary/aromatic N) is 6. The molecule has 2 aromatic rings. The summed E-state index contributed by atoms with van der Waals surface area (Å²) in [6, 6.07) is -0.0163. The Balaban J connectivity index is 1.46. The second-order valence-electron chi connectivity index (χ2n) is 6.72. The first-order valence-corrected chi connectivity index (χ1v) is 8.55. The summed E-state index contributed by atoms with van der Waals surface area (Å²) in [5.41, 5.74) is 0. The number of aryl methyl sites for hydroxylation is 1. The van der Waals surface area contributed by atoms with Crippen LogP contribution in [0.15, 0.2) is 24.8 Å². The highest BCUT2D eigenvalue weighted by atomic mass is 16.1. The molecule has 0 spiro atoms. The Morgan fingerprint density at radius 2 is 2.20 bits per heavy atom. The van der Waals surface area contributed by atoms with Crippen LogP contribution in [0.4, 0.5) is 0 Å². The lowest BCUT2D eigenvalue weighted by atomic mass is 10.2. The first-order chi connectivity index (χ1) is 12.2. The van der Waals surface area contributed by atoms with Gasteiger partial charge in [-0.2, -0.15) is 0 Å². The van der Waals surface area contributed by atoms with Gasteiger partial charge in [-0.25, -0.2) is 9.67 Å². The molecule has 25 heavy (non-hydrogen) atoms. The summed E-state index contributed by atoms with van der Waals surface area (Å²) in [7, 11) is 1.99. The highest BCUT2D eigenvalue weighted by Gasteiger charge is 2.36. The van der Waals surface area contributed by atoms with Gasteiger partial charge in [0.1, 0.15) is 5.82 Å². The summed E-state index contributed by atoms with van der Waals surface area (Å²) < 4.78 is 3.83. The Kier molecular flexibility index (Phi) is 4.24. The van der Waals surface area contributed by atoms with Crippen LogP contribution in [0.1, 0.15) is 24.7 Å². The Bertz CT molecular complexity index is 797. The Labute approximate surface area is 146 Å². The number of rotatable bonds is 4. The van der Waals surface area contributed by atoms with Gasteiger partial charge in [-0.3, -0.25) is 9.69 Å². The Hall–Kier alpha value is -2.66. The van der Waals surface area contributed by atoms with Crippen LogP contribution in [0.5, 0.6) is 0 Å². The number of nitrogens with one attached hydrogen (secondary N) is 1. The van der Waals surface area contributed by atoms with E-state index in [2.05, 4.69) is 37.4 Å². The van der Waals surface area contributed by atoms with Crippen molar-refractivity contribution in [2.45, 2.75) is 31.5 Å². The molecule has 3 heterocycles. The van der Waals surface area contributed by atoms with Crippen LogP contribution in [-0.4, -0.2) is 54.5 Å². The molecule has 0 bridgehead atoms. The van der Waals surface area contributed by atoms with Crippen molar-refractivity contribution >= 4 is 5.91 Å². The van der Waals surface area contributed by atoms with Crippen LogP contribution < -0.4 is 5.32 Å². The maximum Gasteiger partial charge on any atom is 0.296 e. The molecule has 130 valence electrons. The third-order valence-corrected chi connectivity index (χ3v) is 4.72. The molecule has 2 fully saturated rings. The smallest absolute Gasteiger partial charge is 0.296 e. The van der Waals surface area contributed by atoms with Crippen LogP contribution in [0.2, 0.25) is 0 Å². The van der Waals surface area contributed by atoms with Crippen molar-refractivity contribution in [1.82, 2.24) is 34.8 Å². The lowest BCUT2D eigenvalue weighted by Gasteiger charge is -2.18. The highest BCUT2D eigenvalue weighted by Crippen LogP contribution is 2.27. The van der Waals surface area contributed by atoms with E-state index >= 15 is 0 Å². The minimum Gasteiger partial charge on any atom is -0.339 e. The van der Waals surface area contributed by atoms with E-state index in [1.807, 2.05) is 28.7 Å². The molecule has 2 aromatic heterocycles. The molecule has 1 saturated carbocycles. The second kappa shape index (κ2) is 6.69. The van der Waals surface area contributed by atoms with Gasteiger partial charge >= 0.3 is 0 Å². The zero-order valence-electron chi connectivity index (χ0n) is 14.2. The molecule has 0 radical (unpaired) electrons. The molecule has 4 rings (SSSR count). The van der Waals surface area contributed by atoms with Crippen molar-refractivity contribution in [2.75, 3.05) is 13.1 Å². The molecule has 0 aromatic carbocycles. The van der Waals surface area contributed by atoms with E-state index in [9.17, 15) is 4.79 Å². The van der Waals surface area contributed by atoms with E-state index in [1.165, 1.54) is 0 Å². The SMILES string of the molecule is Cn1ccnc1CN1C[C@@H](NC(=O)C#CC2CC2)[C@@H](n2ccnn2)C1. The van der Waals surface area contributed by atoms with Gasteiger partial charge in [0.05, 0.1) is 24.8 Å². The zero-order valence-corrected chi connectivity index (χ0v) is 14.2. The molecule has 8 heteroatoms. The fourth-order valence-electron chi connectivity index (χ4n) is 3.15. The summed E-state index contributed by atoms with van der Waals surface area (Å²) in [5.74, 6) is 6.95. The topological polar surface area (TPSA) is 80.9 Å². The number of hydrogen-bond donors (Lipinski definition) is 1. The third kappa shape index (κ3) is 3.72. The molecule has 1 saturated heterocycles. The molecular weight excluding hydrogens is 318 g/mol. The third-order valence-electron chi connectivity index (χ3n) is 4.72. The average molecular weight is 339 g/mol. The van der Waals surface area contributed by atoms with Crippen molar-refractivity contribution in [3.05, 3.63) is 30.6 Å². The van der Waals surface area contributed by atoms with Gasteiger partial charge < -0.3 is 9.88 Å². The number of carbonyl (C=O) groups excluding carboxylic acids is 1. The maximum absolute atomic E-state index is 12.2. The molecular formula is C17H21N7O. The number of aromatic nitrogens is 5. The number of imidazole rings is 1. The molecule has 0 unspecified atom stereocenters. The molecule has 1 amide bonds. The molecule has 2 aliphatic rings. The fraction of sp³-hybridized carbons (Fsp3) is 0.529. The first kappa shape index (κ1) is 15.8. The standard InChI is InChI=1S/C17H21N7O/c1-22-8-6-18-16(22)12-23-10-14(15(11-23)24-9-7-19-21-24)20-17(25)5-4-13-2-3-13/h6-9,13-15H,2-3,10-12H2,1H3,(H,20,25)/t14-,15+/m1/s1. The van der Waals surface area contributed by atoms with E-state index in [4.69, 9.17) is 0 Å². The van der Waals surface area contributed by atoms with E-state index in [-0.39, 0.29) is 18.0 Å². The summed E-state index contributed by atoms with van der Waals surface area (Å²) >= 11 is 0. The zero-order chi connectivity index (χ0) is 17.2. The Morgan fingerprint density at radius 1 is 1.32 bits per heavy atom. The lowest BCUT2D eigenvalue weighted by molar-refractivity contribution is -0.116. The fourth-order valence-corrected chi connectivity index (χ4v) is 3.15. The highest BCUT2D eigenvalue weighted by molar-refractivity contribution is 5.93. The van der Waals surface area contributed by atoms with Gasteiger partial charge in [0.2, 0.25) is 0 Å². The summed E-state index contributed by atoms with van der Waals surface area (Å²) in [6.45, 7) is 2.24. The van der Waals surface area contributed by atoms with Crippen LogP contribution in [0.25, 0.3) is 0 Å². The first-order valence-electron chi connectivity index (χ1n) is 8.55. The van der Waals surface area contributed by atoms with E-state index < -0.39 is 0 Å². The van der Waals surface area contributed by atoms with Crippen molar-refractivity contribution in [3.8, 4) is 11.8 Å². The summed E-state index contributed by atoms with van der Waals surface area (Å²) in [6.07, 6.45) is 9.46. The molecule has 2 atom stereocenters. The summed E-state index contributed by atoms with van der Waals surface area (Å²) in [5, 5.41) is 11.1. The van der Waals surface area contributed by atoms with Crippen LogP contribution in [0.3, 0.4) is 0 Å². The number of likely N-dealkylation sites (tertiary alicyclic amines) is 1. The molecule has 1 aliphatic heterocycles. The van der Waals surface area contributed by atoms with Crippen LogP contribution in [0, 0.1) is 17.8 Å². The molecule has 1 aliphatic carbocycles. The molecule has 8 nitrogen and oxygen atoms in total. The quantitative estimate of drug-likeness (QED) is 0.791. The monoisotopic (exact) mass is 339 g/mol. The van der Waals surface area contributed by atoms with Gasteiger partial charge in [-0.15, -0.1) is 5.10 Å². The lowest BCUT2D eigenvalue weighted by Crippen LogP contribution is -2.41. The van der Waals surface area contributed by atoms with Crippen LogP contribution in [-0.2, 0) is 18.4 Å². The predicted molar refractivity (Wildman–Crippen MR) is 90.0 cm³/mol. The van der Waals surface area contributed by atoms with Gasteiger partial charge in [0.25, 0.3) is 5.91 Å². The normalized spacial score (nSPS) is 23.2. The largest absolute Gasteiger partial charge is 0.339 e. The minimum absolute atomic E-state index is 0.0365. The van der Waals surface area contributed by atoms with Gasteiger partial charge in [0.15, 0.2) is 0 Å². The average Bonchev–Trinajstić information content (AvgIpc) is 2.96. The van der Waals surface area contributed by atoms with Gasteiger partial charge in [0, 0.05) is 44.6 Å². The maximum atomic E-state index is 12.2. The number of carbonyl (C=O) groups is 1. The van der Waals surface area contributed by atoms with Crippen molar-refractivity contribution in [2.24, 2.45) is 13.0 Å². The second-order valence-corrected chi connectivity index (χ2v) is 6.72. The summed E-state index contributed by atoms with van der Waals surface area (Å²) in [4.78, 5) is 18.8. The molecule has 1 N–H and O–H groups in total. The number of hydrogen-bond acceptors (Lipinski definition) is 5. The van der Waals surface area contributed by atoms with Gasteiger partial charge in [-0.05, 0) is 18.8 Å². The number of amides is 1. The van der Waals surface area contributed by atoms with E-state index in [1.54, 1.807) is 12.4 Å². The van der Waals surface area contributed by atoms with Crippen molar-refractivity contribution < 1.29 is 4.79 Å². The van der Waals surface area contributed by atoms with Gasteiger partial charge in [-0.1, -0.05) is 11.1 Å². The van der Waals surface area contributed by atoms with E-state index in [0.717, 1.165) is 38.3 Å².